The van der Waals surface area contributed by atoms with Crippen molar-refractivity contribution in [2.24, 2.45) is 5.92 Å². The predicted molar refractivity (Wildman–Crippen MR) is 83.6 cm³/mol. The lowest BCUT2D eigenvalue weighted by Gasteiger charge is -2.17. The van der Waals surface area contributed by atoms with Crippen LogP contribution in [0.3, 0.4) is 0 Å². The van der Waals surface area contributed by atoms with Crippen LogP contribution in [0.1, 0.15) is 26.3 Å². The Bertz CT molecular complexity index is 518. The van der Waals surface area contributed by atoms with Crippen LogP contribution < -0.4 is 5.32 Å². The fourth-order valence-corrected chi connectivity index (χ4v) is 1.96. The van der Waals surface area contributed by atoms with Gasteiger partial charge in [0.05, 0.1) is 6.42 Å². The van der Waals surface area contributed by atoms with Gasteiger partial charge in [-0.15, -0.1) is 0 Å². The molecular weight excluding hydrogens is 313 g/mol. The average Bonchev–Trinajstić information content (AvgIpc) is 2.39. The molecule has 0 radical (unpaired) electrons. The molecule has 4 nitrogen and oxygen atoms in total. The first kappa shape index (κ1) is 17.8. The zero-order chi connectivity index (χ0) is 16.0. The van der Waals surface area contributed by atoms with E-state index in [2.05, 4.69) is 5.32 Å². The molecule has 0 fully saturated rings. The third kappa shape index (κ3) is 6.36. The van der Waals surface area contributed by atoms with Crippen molar-refractivity contribution < 1.29 is 14.3 Å². The molecular formula is C15H19Cl2NO3. The number of nitrogens with one attached hydrogen (secondary N) is 1. The minimum atomic E-state index is -0.508. The highest BCUT2D eigenvalue weighted by atomic mass is 35.5. The molecule has 0 heterocycles. The summed E-state index contributed by atoms with van der Waals surface area (Å²) in [6.45, 7) is 5.61. The van der Waals surface area contributed by atoms with Gasteiger partial charge in [0.1, 0.15) is 0 Å². The van der Waals surface area contributed by atoms with Gasteiger partial charge < -0.3 is 10.1 Å². The Balaban J connectivity index is 2.42. The van der Waals surface area contributed by atoms with E-state index in [1.54, 1.807) is 18.2 Å². The van der Waals surface area contributed by atoms with E-state index >= 15 is 0 Å². The SMILES string of the molecule is CC(C)[C@@H](C)NC(=O)COC(=O)Cc1ccc(Cl)cc1Cl. The monoisotopic (exact) mass is 331 g/mol. The summed E-state index contributed by atoms with van der Waals surface area (Å²) >= 11 is 11.7. The number of rotatable bonds is 6. The first-order valence-corrected chi connectivity index (χ1v) is 7.44. The summed E-state index contributed by atoms with van der Waals surface area (Å²) in [6.07, 6.45) is 0.00299. The van der Waals surface area contributed by atoms with Gasteiger partial charge in [-0.05, 0) is 30.5 Å². The molecule has 1 rings (SSSR count). The molecule has 0 saturated heterocycles. The Labute approximate surface area is 134 Å². The smallest absolute Gasteiger partial charge is 0.310 e. The number of carbonyl (C=O) groups is 2. The fraction of sp³-hybridized carbons (Fsp3) is 0.467. The maximum atomic E-state index is 11.7. The Hall–Kier alpha value is -1.26. The van der Waals surface area contributed by atoms with Gasteiger partial charge in [0.15, 0.2) is 6.61 Å². The van der Waals surface area contributed by atoms with Crippen LogP contribution in [0.25, 0.3) is 0 Å². The minimum Gasteiger partial charge on any atom is -0.455 e. The Kier molecular flexibility index (Phi) is 6.99. The summed E-state index contributed by atoms with van der Waals surface area (Å²) in [6, 6.07) is 4.89. The molecule has 1 aromatic carbocycles. The van der Waals surface area contributed by atoms with E-state index in [0.717, 1.165) is 0 Å². The largest absolute Gasteiger partial charge is 0.455 e. The second kappa shape index (κ2) is 8.25. The number of benzene rings is 1. The van der Waals surface area contributed by atoms with Gasteiger partial charge >= 0.3 is 5.97 Å². The molecule has 116 valence electrons. The third-order valence-electron chi connectivity index (χ3n) is 3.10. The van der Waals surface area contributed by atoms with E-state index in [-0.39, 0.29) is 25.0 Å². The average molecular weight is 332 g/mol. The fourth-order valence-electron chi connectivity index (χ4n) is 1.48. The molecule has 1 N–H and O–H groups in total. The van der Waals surface area contributed by atoms with Gasteiger partial charge in [0.25, 0.3) is 5.91 Å². The topological polar surface area (TPSA) is 55.4 Å². The third-order valence-corrected chi connectivity index (χ3v) is 3.69. The first-order valence-electron chi connectivity index (χ1n) is 6.68. The second-order valence-corrected chi connectivity index (χ2v) is 6.02. The van der Waals surface area contributed by atoms with Crippen LogP contribution in [0.15, 0.2) is 18.2 Å². The molecule has 6 heteroatoms. The summed E-state index contributed by atoms with van der Waals surface area (Å²) in [4.78, 5) is 23.3. The molecule has 0 spiro atoms. The van der Waals surface area contributed by atoms with E-state index < -0.39 is 5.97 Å². The van der Waals surface area contributed by atoms with Crippen LogP contribution in [-0.4, -0.2) is 24.5 Å². The van der Waals surface area contributed by atoms with Crippen molar-refractivity contribution >= 4 is 35.1 Å². The zero-order valence-corrected chi connectivity index (χ0v) is 13.8. The molecule has 0 aromatic heterocycles. The van der Waals surface area contributed by atoms with Crippen molar-refractivity contribution in [3.63, 3.8) is 0 Å². The number of amides is 1. The Morgan fingerprint density at radius 3 is 2.48 bits per heavy atom. The van der Waals surface area contributed by atoms with Crippen LogP contribution in [0.5, 0.6) is 0 Å². The molecule has 1 atom stereocenters. The maximum Gasteiger partial charge on any atom is 0.310 e. The Morgan fingerprint density at radius 2 is 1.90 bits per heavy atom. The van der Waals surface area contributed by atoms with Crippen molar-refractivity contribution in [1.29, 1.82) is 0 Å². The summed E-state index contributed by atoms with van der Waals surface area (Å²) in [5.74, 6) is -0.504. The lowest BCUT2D eigenvalue weighted by atomic mass is 10.1. The standard InChI is InChI=1S/C15H19Cl2NO3/c1-9(2)10(3)18-14(19)8-21-15(20)6-11-4-5-12(16)7-13(11)17/h4-5,7,9-10H,6,8H2,1-3H3,(H,18,19)/t10-/m1/s1. The number of hydrogen-bond donors (Lipinski definition) is 1. The van der Waals surface area contributed by atoms with Crippen LogP contribution in [0.2, 0.25) is 10.0 Å². The number of hydrogen-bond acceptors (Lipinski definition) is 3. The number of ether oxygens (including phenoxy) is 1. The molecule has 21 heavy (non-hydrogen) atoms. The lowest BCUT2D eigenvalue weighted by molar-refractivity contribution is -0.148. The number of halogens is 2. The van der Waals surface area contributed by atoms with E-state index in [9.17, 15) is 9.59 Å². The van der Waals surface area contributed by atoms with Gasteiger partial charge in [0, 0.05) is 16.1 Å². The van der Waals surface area contributed by atoms with E-state index in [0.29, 0.717) is 21.5 Å². The second-order valence-electron chi connectivity index (χ2n) is 5.17. The summed E-state index contributed by atoms with van der Waals surface area (Å²) in [5, 5.41) is 3.66. The molecule has 0 aliphatic heterocycles. The maximum absolute atomic E-state index is 11.7. The number of esters is 1. The molecule has 0 bridgehead atoms. The van der Waals surface area contributed by atoms with Gasteiger partial charge in [-0.3, -0.25) is 9.59 Å². The van der Waals surface area contributed by atoms with Crippen LogP contribution >= 0.6 is 23.2 Å². The summed E-state index contributed by atoms with van der Waals surface area (Å²) < 4.78 is 4.93. The predicted octanol–water partition coefficient (Wildman–Crippen LogP) is 3.24. The Morgan fingerprint density at radius 1 is 1.24 bits per heavy atom. The van der Waals surface area contributed by atoms with E-state index in [1.165, 1.54) is 0 Å². The van der Waals surface area contributed by atoms with E-state index in [1.807, 2.05) is 20.8 Å². The van der Waals surface area contributed by atoms with Crippen molar-refractivity contribution in [2.45, 2.75) is 33.2 Å². The minimum absolute atomic E-state index is 0.00299. The molecule has 0 saturated carbocycles. The quantitative estimate of drug-likeness (QED) is 0.814. The number of carbonyl (C=O) groups excluding carboxylic acids is 2. The first-order chi connectivity index (χ1) is 9.79. The molecule has 0 unspecified atom stereocenters. The van der Waals surface area contributed by atoms with Crippen LogP contribution in [0, 0.1) is 5.92 Å². The highest BCUT2D eigenvalue weighted by Gasteiger charge is 2.14. The lowest BCUT2D eigenvalue weighted by Crippen LogP contribution is -2.38. The van der Waals surface area contributed by atoms with Gasteiger partial charge in [0.2, 0.25) is 0 Å². The van der Waals surface area contributed by atoms with Crippen LogP contribution in [0.4, 0.5) is 0 Å². The van der Waals surface area contributed by atoms with Crippen LogP contribution in [-0.2, 0) is 20.7 Å². The molecule has 0 aliphatic rings. The van der Waals surface area contributed by atoms with Crippen molar-refractivity contribution in [3.8, 4) is 0 Å². The normalized spacial score (nSPS) is 12.1. The highest BCUT2D eigenvalue weighted by molar-refractivity contribution is 6.35. The van der Waals surface area contributed by atoms with Gasteiger partial charge in [-0.2, -0.15) is 0 Å². The summed E-state index contributed by atoms with van der Waals surface area (Å²) in [5.41, 5.74) is 0.613. The van der Waals surface area contributed by atoms with Gasteiger partial charge in [-0.1, -0.05) is 43.1 Å². The van der Waals surface area contributed by atoms with Crippen molar-refractivity contribution in [2.75, 3.05) is 6.61 Å². The highest BCUT2D eigenvalue weighted by Crippen LogP contribution is 2.21. The van der Waals surface area contributed by atoms with Crippen molar-refractivity contribution in [1.82, 2.24) is 5.32 Å². The molecule has 1 aromatic rings. The molecule has 1 amide bonds. The summed E-state index contributed by atoms with van der Waals surface area (Å²) in [7, 11) is 0. The zero-order valence-electron chi connectivity index (χ0n) is 12.3. The molecule has 0 aliphatic carbocycles. The van der Waals surface area contributed by atoms with Crippen molar-refractivity contribution in [3.05, 3.63) is 33.8 Å². The van der Waals surface area contributed by atoms with E-state index in [4.69, 9.17) is 27.9 Å². The van der Waals surface area contributed by atoms with Gasteiger partial charge in [-0.25, -0.2) is 0 Å².